The average molecular weight is 745 g/mol. The molecular weight excluding hydrogens is 668 g/mol. The summed E-state index contributed by atoms with van der Waals surface area (Å²) in [6, 6.07) is -1.39. The van der Waals surface area contributed by atoms with E-state index >= 15 is 0 Å². The number of carbonyl (C=O) groups is 4. The van der Waals surface area contributed by atoms with Crippen molar-refractivity contribution in [3.63, 3.8) is 0 Å². The number of aliphatic hydroxyl groups excluding tert-OH is 1. The normalized spacial score (nSPS) is 13.0. The van der Waals surface area contributed by atoms with Gasteiger partial charge in [-0.3, -0.25) is 14.4 Å². The quantitative estimate of drug-likeness (QED) is 0.0282. The van der Waals surface area contributed by atoms with E-state index in [0.29, 0.717) is 12.8 Å². The van der Waals surface area contributed by atoms with Crippen molar-refractivity contribution in [1.82, 2.24) is 10.6 Å². The SMILES string of the molecule is CCCCC/C=C\C/C=C\C/C=C\C(CCCCCCCC(=O)NCC(=O)NC(CO)C(=O)O)OC(=O)CCCCCCC/C=C\CCCCCCC. The predicted molar refractivity (Wildman–Crippen MR) is 217 cm³/mol. The largest absolute Gasteiger partial charge is 0.480 e. The van der Waals surface area contributed by atoms with Crippen molar-refractivity contribution < 1.29 is 34.1 Å². The zero-order chi connectivity index (χ0) is 39.0. The molecule has 9 nitrogen and oxygen atoms in total. The molecule has 53 heavy (non-hydrogen) atoms. The Hall–Kier alpha value is -3.20. The number of esters is 1. The van der Waals surface area contributed by atoms with Crippen molar-refractivity contribution in [2.24, 2.45) is 0 Å². The van der Waals surface area contributed by atoms with E-state index in [2.05, 4.69) is 67.0 Å². The summed E-state index contributed by atoms with van der Waals surface area (Å²) in [5, 5.41) is 22.5. The fourth-order valence-corrected chi connectivity index (χ4v) is 5.75. The van der Waals surface area contributed by atoms with Crippen LogP contribution in [0.2, 0.25) is 0 Å². The van der Waals surface area contributed by atoms with Crippen LogP contribution in [0.4, 0.5) is 0 Å². The van der Waals surface area contributed by atoms with Crippen molar-refractivity contribution in [3.05, 3.63) is 48.6 Å². The summed E-state index contributed by atoms with van der Waals surface area (Å²) in [5.41, 5.74) is 0. The van der Waals surface area contributed by atoms with Crippen molar-refractivity contribution in [1.29, 1.82) is 0 Å². The second-order valence-electron chi connectivity index (χ2n) is 14.1. The number of aliphatic hydroxyl groups is 1. The standard InChI is InChI=1S/C44H76N2O7/c1-3-5-7-9-11-13-15-16-17-19-21-23-28-32-36-43(50)53-39(33-29-25-22-20-18-14-12-10-8-6-4-2)34-30-26-24-27-31-35-41(48)45-37-42(49)46-40(38-47)44(51)52/h12,14-16,20,22,29,33,39-40,47H,3-11,13,17-19,21,23-28,30-32,34-38H2,1-2H3,(H,45,48)(H,46,49)(H,51,52)/b14-12-,16-15-,22-20-,33-29-. The van der Waals surface area contributed by atoms with Crippen molar-refractivity contribution >= 4 is 23.8 Å². The summed E-state index contributed by atoms with van der Waals surface area (Å²) >= 11 is 0. The first-order valence-electron chi connectivity index (χ1n) is 21.0. The fourth-order valence-electron chi connectivity index (χ4n) is 5.75. The van der Waals surface area contributed by atoms with Gasteiger partial charge in [-0.2, -0.15) is 0 Å². The Morgan fingerprint density at radius 3 is 1.70 bits per heavy atom. The van der Waals surface area contributed by atoms with Crippen LogP contribution in [0, 0.1) is 0 Å². The molecule has 9 heteroatoms. The summed E-state index contributed by atoms with van der Waals surface area (Å²) in [6.07, 6.45) is 44.3. The van der Waals surface area contributed by atoms with E-state index in [0.717, 1.165) is 77.0 Å². The second-order valence-corrected chi connectivity index (χ2v) is 14.1. The molecule has 2 atom stereocenters. The number of carbonyl (C=O) groups excluding carboxylic acids is 3. The van der Waals surface area contributed by atoms with Crippen LogP contribution >= 0.6 is 0 Å². The number of aliphatic carboxylic acids is 1. The summed E-state index contributed by atoms with van der Waals surface area (Å²) in [6.45, 7) is 3.41. The molecule has 0 aromatic carbocycles. The lowest BCUT2D eigenvalue weighted by Gasteiger charge is -2.15. The van der Waals surface area contributed by atoms with Gasteiger partial charge in [-0.25, -0.2) is 4.79 Å². The number of ether oxygens (including phenoxy) is 1. The number of hydrogen-bond donors (Lipinski definition) is 4. The molecular formula is C44H76N2O7. The Morgan fingerprint density at radius 2 is 1.08 bits per heavy atom. The summed E-state index contributed by atoms with van der Waals surface area (Å²) in [5.74, 6) is -2.40. The van der Waals surface area contributed by atoms with E-state index in [9.17, 15) is 19.2 Å². The van der Waals surface area contributed by atoms with Crippen molar-refractivity contribution in [2.75, 3.05) is 13.2 Å². The first-order valence-corrected chi connectivity index (χ1v) is 21.0. The molecule has 0 radical (unpaired) electrons. The molecule has 0 bridgehead atoms. The van der Waals surface area contributed by atoms with Crippen LogP contribution in [0.1, 0.15) is 181 Å². The highest BCUT2D eigenvalue weighted by atomic mass is 16.5. The Bertz CT molecular complexity index is 1040. The highest BCUT2D eigenvalue weighted by Gasteiger charge is 2.18. The Kier molecular flexibility index (Phi) is 36.2. The molecule has 0 aliphatic heterocycles. The average Bonchev–Trinajstić information content (AvgIpc) is 3.14. The van der Waals surface area contributed by atoms with Crippen LogP contribution in [0.15, 0.2) is 48.6 Å². The summed E-state index contributed by atoms with van der Waals surface area (Å²) in [7, 11) is 0. The van der Waals surface area contributed by atoms with Gasteiger partial charge in [0.05, 0.1) is 13.2 Å². The molecule has 0 aliphatic rings. The number of carboxylic acid groups (broad SMARTS) is 1. The third-order valence-corrected chi connectivity index (χ3v) is 9.03. The van der Waals surface area contributed by atoms with Crippen LogP contribution < -0.4 is 10.6 Å². The molecule has 0 aromatic rings. The molecule has 0 saturated heterocycles. The topological polar surface area (TPSA) is 142 Å². The van der Waals surface area contributed by atoms with Crippen molar-refractivity contribution in [2.45, 2.75) is 193 Å². The maximum absolute atomic E-state index is 12.7. The van der Waals surface area contributed by atoms with Gasteiger partial charge in [-0.15, -0.1) is 0 Å². The monoisotopic (exact) mass is 745 g/mol. The lowest BCUT2D eigenvalue weighted by Crippen LogP contribution is -2.47. The van der Waals surface area contributed by atoms with E-state index in [-0.39, 0.29) is 30.9 Å². The number of allylic oxidation sites excluding steroid dienone is 7. The van der Waals surface area contributed by atoms with Gasteiger partial charge < -0.3 is 25.6 Å². The van der Waals surface area contributed by atoms with Gasteiger partial charge in [0.2, 0.25) is 11.8 Å². The molecule has 0 heterocycles. The van der Waals surface area contributed by atoms with E-state index in [1.165, 1.54) is 70.6 Å². The molecule has 0 fully saturated rings. The maximum atomic E-state index is 12.7. The minimum Gasteiger partial charge on any atom is -0.480 e. The number of unbranched alkanes of at least 4 members (excludes halogenated alkanes) is 17. The highest BCUT2D eigenvalue weighted by Crippen LogP contribution is 2.15. The van der Waals surface area contributed by atoms with Crippen LogP contribution in [-0.2, 0) is 23.9 Å². The lowest BCUT2D eigenvalue weighted by molar-refractivity contribution is -0.147. The molecule has 0 spiro atoms. The number of amides is 2. The van der Waals surface area contributed by atoms with Crippen molar-refractivity contribution in [3.8, 4) is 0 Å². The van der Waals surface area contributed by atoms with Gasteiger partial charge in [0.15, 0.2) is 0 Å². The molecule has 4 N–H and O–H groups in total. The molecule has 304 valence electrons. The number of hydrogen-bond acceptors (Lipinski definition) is 6. The van der Waals surface area contributed by atoms with Gasteiger partial charge in [0.1, 0.15) is 12.1 Å². The molecule has 2 amide bonds. The number of carboxylic acids is 1. The van der Waals surface area contributed by atoms with E-state index < -0.39 is 24.5 Å². The van der Waals surface area contributed by atoms with Crippen LogP contribution in [0.3, 0.4) is 0 Å². The van der Waals surface area contributed by atoms with E-state index in [4.69, 9.17) is 14.9 Å². The third-order valence-electron chi connectivity index (χ3n) is 9.03. The molecule has 0 aromatic heterocycles. The maximum Gasteiger partial charge on any atom is 0.328 e. The first-order chi connectivity index (χ1) is 25.8. The molecule has 0 rings (SSSR count). The van der Waals surface area contributed by atoms with Gasteiger partial charge in [-0.1, -0.05) is 133 Å². The number of nitrogens with one attached hydrogen (secondary N) is 2. The minimum atomic E-state index is -1.39. The lowest BCUT2D eigenvalue weighted by atomic mass is 10.1. The third kappa shape index (κ3) is 35.6. The second kappa shape index (κ2) is 38.5. The number of rotatable bonds is 37. The van der Waals surface area contributed by atoms with Gasteiger partial charge in [0.25, 0.3) is 0 Å². The van der Waals surface area contributed by atoms with Gasteiger partial charge in [0, 0.05) is 12.8 Å². The molecule has 0 aliphatic carbocycles. The molecule has 0 saturated carbocycles. The van der Waals surface area contributed by atoms with E-state index in [1.807, 2.05) is 6.08 Å². The minimum absolute atomic E-state index is 0.125. The summed E-state index contributed by atoms with van der Waals surface area (Å²) < 4.78 is 5.90. The Morgan fingerprint density at radius 1 is 0.585 bits per heavy atom. The van der Waals surface area contributed by atoms with Crippen LogP contribution in [0.25, 0.3) is 0 Å². The van der Waals surface area contributed by atoms with E-state index in [1.54, 1.807) is 0 Å². The van der Waals surface area contributed by atoms with Gasteiger partial charge in [-0.05, 0) is 83.1 Å². The zero-order valence-electron chi connectivity index (χ0n) is 33.5. The highest BCUT2D eigenvalue weighted by molar-refractivity contribution is 5.87. The Labute approximate surface area is 322 Å². The smallest absolute Gasteiger partial charge is 0.328 e. The van der Waals surface area contributed by atoms with Crippen LogP contribution in [0.5, 0.6) is 0 Å². The molecule has 2 unspecified atom stereocenters. The first kappa shape index (κ1) is 49.8. The Balaban J connectivity index is 4.43. The predicted octanol–water partition coefficient (Wildman–Crippen LogP) is 9.98. The zero-order valence-corrected chi connectivity index (χ0v) is 33.5. The van der Waals surface area contributed by atoms with Crippen LogP contribution in [-0.4, -0.2) is 59.3 Å². The summed E-state index contributed by atoms with van der Waals surface area (Å²) in [4.78, 5) is 47.5. The fraction of sp³-hybridized carbons (Fsp3) is 0.727. The van der Waals surface area contributed by atoms with Gasteiger partial charge >= 0.3 is 11.9 Å².